The molecular weight excluding hydrogens is 336 g/mol. The Morgan fingerprint density at radius 2 is 1.96 bits per heavy atom. The number of ether oxygens (including phenoxy) is 1. The molecule has 1 fully saturated rings. The van der Waals surface area contributed by atoms with E-state index in [-0.39, 0.29) is 5.91 Å². The highest BCUT2D eigenvalue weighted by Gasteiger charge is 2.20. The molecule has 7 heteroatoms. The fourth-order valence-corrected chi connectivity index (χ4v) is 3.82. The van der Waals surface area contributed by atoms with Crippen LogP contribution in [-0.2, 0) is 16.1 Å². The van der Waals surface area contributed by atoms with Gasteiger partial charge in [0, 0.05) is 38.9 Å². The van der Waals surface area contributed by atoms with Crippen molar-refractivity contribution in [3.8, 4) is 11.4 Å². The third-order valence-corrected chi connectivity index (χ3v) is 5.21. The Kier molecular flexibility index (Phi) is 6.47. The van der Waals surface area contributed by atoms with Crippen LogP contribution in [0.2, 0.25) is 0 Å². The first-order chi connectivity index (χ1) is 12.3. The minimum Gasteiger partial charge on any atom is -0.385 e. The second kappa shape index (κ2) is 9.01. The van der Waals surface area contributed by atoms with E-state index in [9.17, 15) is 4.79 Å². The smallest absolute Gasteiger partial charge is 0.233 e. The highest BCUT2D eigenvalue weighted by atomic mass is 32.2. The summed E-state index contributed by atoms with van der Waals surface area (Å²) in [6.07, 6.45) is 3.10. The molecule has 3 rings (SSSR count). The number of hydrogen-bond acceptors (Lipinski definition) is 5. The summed E-state index contributed by atoms with van der Waals surface area (Å²) in [7, 11) is 1.70. The zero-order valence-corrected chi connectivity index (χ0v) is 15.4. The Bertz CT molecular complexity index is 684. The second-order valence-electron chi connectivity index (χ2n) is 6.05. The Morgan fingerprint density at radius 3 is 2.68 bits per heavy atom. The van der Waals surface area contributed by atoms with E-state index in [0.717, 1.165) is 55.4 Å². The summed E-state index contributed by atoms with van der Waals surface area (Å²) in [6.45, 7) is 3.22. The lowest BCUT2D eigenvalue weighted by atomic mass is 10.2. The summed E-state index contributed by atoms with van der Waals surface area (Å²) in [5, 5.41) is 9.50. The van der Waals surface area contributed by atoms with Crippen molar-refractivity contribution < 1.29 is 9.53 Å². The Morgan fingerprint density at radius 1 is 1.20 bits per heavy atom. The van der Waals surface area contributed by atoms with Crippen LogP contribution in [0.4, 0.5) is 0 Å². The van der Waals surface area contributed by atoms with Gasteiger partial charge in [0.15, 0.2) is 11.0 Å². The first kappa shape index (κ1) is 17.9. The SMILES string of the molecule is COCCCn1c(SCC(=O)N2CCCC2)nnc1-c1ccccc1. The van der Waals surface area contributed by atoms with Gasteiger partial charge in [-0.2, -0.15) is 0 Å². The molecule has 1 amide bonds. The monoisotopic (exact) mass is 360 g/mol. The van der Waals surface area contributed by atoms with Gasteiger partial charge < -0.3 is 14.2 Å². The number of benzene rings is 1. The van der Waals surface area contributed by atoms with E-state index in [1.807, 2.05) is 35.2 Å². The predicted octanol–water partition coefficient (Wildman–Crippen LogP) is 2.70. The Labute approximate surface area is 152 Å². The van der Waals surface area contributed by atoms with Crippen LogP contribution < -0.4 is 0 Å². The van der Waals surface area contributed by atoms with E-state index >= 15 is 0 Å². The van der Waals surface area contributed by atoms with Crippen molar-refractivity contribution in [3.63, 3.8) is 0 Å². The lowest BCUT2D eigenvalue weighted by Gasteiger charge is -2.15. The summed E-state index contributed by atoms with van der Waals surface area (Å²) >= 11 is 1.47. The van der Waals surface area contributed by atoms with E-state index in [2.05, 4.69) is 14.8 Å². The minimum absolute atomic E-state index is 0.190. The van der Waals surface area contributed by atoms with Gasteiger partial charge in [0.1, 0.15) is 0 Å². The number of carbonyl (C=O) groups is 1. The molecule has 1 aliphatic heterocycles. The highest BCUT2D eigenvalue weighted by molar-refractivity contribution is 7.99. The fraction of sp³-hybridized carbons (Fsp3) is 0.500. The molecule has 1 aromatic carbocycles. The number of rotatable bonds is 8. The molecule has 0 spiro atoms. The summed E-state index contributed by atoms with van der Waals surface area (Å²) in [5.41, 5.74) is 1.03. The van der Waals surface area contributed by atoms with Gasteiger partial charge in [-0.1, -0.05) is 42.1 Å². The average molecular weight is 360 g/mol. The van der Waals surface area contributed by atoms with Crippen LogP contribution >= 0.6 is 11.8 Å². The Balaban J connectivity index is 1.73. The lowest BCUT2D eigenvalue weighted by Crippen LogP contribution is -2.29. The molecule has 1 aliphatic rings. The molecule has 0 saturated carbocycles. The van der Waals surface area contributed by atoms with E-state index in [4.69, 9.17) is 4.74 Å². The highest BCUT2D eigenvalue weighted by Crippen LogP contribution is 2.25. The number of likely N-dealkylation sites (tertiary alicyclic amines) is 1. The molecule has 0 unspecified atom stereocenters. The zero-order valence-electron chi connectivity index (χ0n) is 14.6. The zero-order chi connectivity index (χ0) is 17.5. The molecule has 1 aromatic heterocycles. The molecule has 0 aliphatic carbocycles. The first-order valence-electron chi connectivity index (χ1n) is 8.67. The van der Waals surface area contributed by atoms with Gasteiger partial charge in [-0.25, -0.2) is 0 Å². The number of methoxy groups -OCH3 is 1. The summed E-state index contributed by atoms with van der Waals surface area (Å²) < 4.78 is 7.26. The number of aromatic nitrogens is 3. The van der Waals surface area contributed by atoms with Crippen molar-refractivity contribution >= 4 is 17.7 Å². The van der Waals surface area contributed by atoms with Gasteiger partial charge in [0.2, 0.25) is 5.91 Å². The number of amides is 1. The maximum absolute atomic E-state index is 12.3. The molecule has 6 nitrogen and oxygen atoms in total. The molecule has 25 heavy (non-hydrogen) atoms. The third-order valence-electron chi connectivity index (χ3n) is 4.26. The van der Waals surface area contributed by atoms with Crippen molar-refractivity contribution in [2.45, 2.75) is 31.0 Å². The fourth-order valence-electron chi connectivity index (χ4n) is 2.95. The average Bonchev–Trinajstić information content (AvgIpc) is 3.31. The van der Waals surface area contributed by atoms with Crippen LogP contribution in [0, 0.1) is 0 Å². The standard InChI is InChI=1S/C18H24N4O2S/c1-24-13-7-12-22-17(15-8-3-2-4-9-15)19-20-18(22)25-14-16(23)21-10-5-6-11-21/h2-4,8-9H,5-7,10-14H2,1H3. The van der Waals surface area contributed by atoms with Gasteiger partial charge in [-0.15, -0.1) is 10.2 Å². The van der Waals surface area contributed by atoms with Crippen molar-refractivity contribution in [3.05, 3.63) is 30.3 Å². The van der Waals surface area contributed by atoms with Gasteiger partial charge in [0.05, 0.1) is 5.75 Å². The van der Waals surface area contributed by atoms with Gasteiger partial charge in [-0.05, 0) is 19.3 Å². The predicted molar refractivity (Wildman–Crippen MR) is 98.5 cm³/mol. The quantitative estimate of drug-likeness (QED) is 0.535. The molecule has 0 atom stereocenters. The topological polar surface area (TPSA) is 60.2 Å². The third kappa shape index (κ3) is 4.61. The number of nitrogens with zero attached hydrogens (tertiary/aromatic N) is 4. The van der Waals surface area contributed by atoms with Crippen LogP contribution in [0.1, 0.15) is 19.3 Å². The van der Waals surface area contributed by atoms with E-state index < -0.39 is 0 Å². The molecule has 2 heterocycles. The van der Waals surface area contributed by atoms with Crippen LogP contribution in [-0.4, -0.2) is 58.1 Å². The summed E-state index contributed by atoms with van der Waals surface area (Å²) in [4.78, 5) is 14.2. The molecule has 1 saturated heterocycles. The largest absolute Gasteiger partial charge is 0.385 e. The van der Waals surface area contributed by atoms with E-state index in [1.165, 1.54) is 11.8 Å². The molecule has 0 radical (unpaired) electrons. The first-order valence-corrected chi connectivity index (χ1v) is 9.66. The molecule has 0 bridgehead atoms. The van der Waals surface area contributed by atoms with Crippen LogP contribution in [0.15, 0.2) is 35.5 Å². The second-order valence-corrected chi connectivity index (χ2v) is 6.99. The maximum atomic E-state index is 12.3. The van der Waals surface area contributed by atoms with E-state index in [0.29, 0.717) is 12.4 Å². The van der Waals surface area contributed by atoms with Crippen molar-refractivity contribution in [2.24, 2.45) is 0 Å². The number of hydrogen-bond donors (Lipinski definition) is 0. The van der Waals surface area contributed by atoms with Crippen LogP contribution in [0.25, 0.3) is 11.4 Å². The van der Waals surface area contributed by atoms with Crippen molar-refractivity contribution in [1.29, 1.82) is 0 Å². The van der Waals surface area contributed by atoms with Crippen LogP contribution in [0.5, 0.6) is 0 Å². The lowest BCUT2D eigenvalue weighted by molar-refractivity contribution is -0.127. The van der Waals surface area contributed by atoms with E-state index in [1.54, 1.807) is 7.11 Å². The van der Waals surface area contributed by atoms with Gasteiger partial charge in [0.25, 0.3) is 0 Å². The summed E-state index contributed by atoms with van der Waals surface area (Å²) in [6, 6.07) is 10.0. The minimum atomic E-state index is 0.190. The molecule has 0 N–H and O–H groups in total. The van der Waals surface area contributed by atoms with Crippen molar-refractivity contribution in [2.75, 3.05) is 32.6 Å². The number of thioether (sulfide) groups is 1. The number of carbonyl (C=O) groups excluding carboxylic acids is 1. The molecular formula is C18H24N4O2S. The Hall–Kier alpha value is -1.86. The molecule has 2 aromatic rings. The van der Waals surface area contributed by atoms with Crippen molar-refractivity contribution in [1.82, 2.24) is 19.7 Å². The van der Waals surface area contributed by atoms with Gasteiger partial charge >= 0.3 is 0 Å². The maximum Gasteiger partial charge on any atom is 0.233 e. The molecule has 134 valence electrons. The van der Waals surface area contributed by atoms with Crippen LogP contribution in [0.3, 0.4) is 0 Å². The normalized spacial score (nSPS) is 14.2. The van der Waals surface area contributed by atoms with Gasteiger partial charge in [-0.3, -0.25) is 4.79 Å². The summed E-state index contributed by atoms with van der Waals surface area (Å²) in [5.74, 6) is 1.44.